The van der Waals surface area contributed by atoms with Crippen LogP contribution in [0.3, 0.4) is 0 Å². The van der Waals surface area contributed by atoms with Gasteiger partial charge in [0.15, 0.2) is 0 Å². The van der Waals surface area contributed by atoms with Crippen LogP contribution in [0, 0.1) is 0 Å². The number of benzene rings is 6. The number of hydrogen-bond acceptors (Lipinski definition) is 7. The van der Waals surface area contributed by atoms with E-state index in [0.29, 0.717) is 45.4 Å². The first-order chi connectivity index (χ1) is 25.7. The van der Waals surface area contributed by atoms with E-state index in [0.717, 1.165) is 9.80 Å². The summed E-state index contributed by atoms with van der Waals surface area (Å²) < 4.78 is 5.97. The Hall–Kier alpha value is -7.66. The Bertz CT molecular complexity index is 2310. The maximum absolute atomic E-state index is 13.4. The number of hydrogen-bond donors (Lipinski definition) is 2. The first-order valence-electron chi connectivity index (χ1n) is 16.4. The molecule has 6 aromatic rings. The van der Waals surface area contributed by atoms with Crippen molar-refractivity contribution in [2.45, 2.75) is 0 Å². The second-order valence-corrected chi connectivity index (χ2v) is 12.1. The zero-order valence-electron chi connectivity index (χ0n) is 27.6. The van der Waals surface area contributed by atoms with Gasteiger partial charge in [0.2, 0.25) is 0 Å². The average molecular weight is 699 g/mol. The molecule has 0 aliphatic carbocycles. The van der Waals surface area contributed by atoms with Crippen molar-refractivity contribution in [3.8, 4) is 11.5 Å². The molecule has 0 atom stereocenters. The predicted molar refractivity (Wildman–Crippen MR) is 197 cm³/mol. The Labute approximate surface area is 302 Å². The van der Waals surface area contributed by atoms with Gasteiger partial charge in [0.1, 0.15) is 11.5 Å². The number of carbonyl (C=O) groups excluding carboxylic acids is 6. The molecular weight excluding hydrogens is 672 g/mol. The van der Waals surface area contributed by atoms with Gasteiger partial charge in [-0.15, -0.1) is 0 Å². The highest BCUT2D eigenvalue weighted by atomic mass is 16.5. The molecule has 0 spiro atoms. The molecule has 0 bridgehead atoms. The fraction of sp³-hybridized carbons (Fsp3) is 0. The number of rotatable bonds is 8. The Kier molecular flexibility index (Phi) is 8.12. The van der Waals surface area contributed by atoms with Gasteiger partial charge in [-0.05, 0) is 109 Å². The van der Waals surface area contributed by atoms with Gasteiger partial charge >= 0.3 is 0 Å². The van der Waals surface area contributed by atoms with Crippen LogP contribution in [0.15, 0.2) is 146 Å². The molecule has 2 heterocycles. The summed E-state index contributed by atoms with van der Waals surface area (Å²) in [6.07, 6.45) is 0. The van der Waals surface area contributed by atoms with E-state index in [2.05, 4.69) is 10.6 Å². The highest BCUT2D eigenvalue weighted by Crippen LogP contribution is 2.34. The molecule has 2 N–H and O–H groups in total. The molecule has 0 saturated heterocycles. The lowest BCUT2D eigenvalue weighted by atomic mass is 10.1. The summed E-state index contributed by atoms with van der Waals surface area (Å²) in [5.41, 5.74) is 3.16. The van der Waals surface area contributed by atoms with Gasteiger partial charge < -0.3 is 15.4 Å². The molecule has 11 nitrogen and oxygen atoms in total. The number of carbonyl (C=O) groups is 6. The molecular formula is C42H26N4O7. The molecule has 0 fully saturated rings. The molecule has 6 aromatic carbocycles. The van der Waals surface area contributed by atoms with Crippen molar-refractivity contribution in [1.82, 2.24) is 0 Å². The van der Waals surface area contributed by atoms with Crippen LogP contribution in [0.5, 0.6) is 11.5 Å². The predicted octanol–water partition coefficient (Wildman–Crippen LogP) is 7.58. The highest BCUT2D eigenvalue weighted by Gasteiger charge is 2.38. The minimum absolute atomic E-state index is 0.176. The van der Waals surface area contributed by atoms with Crippen LogP contribution in [-0.4, -0.2) is 35.4 Å². The highest BCUT2D eigenvalue weighted by molar-refractivity contribution is 6.35. The van der Waals surface area contributed by atoms with Gasteiger partial charge in [0.05, 0.1) is 33.6 Å². The number of fused-ring (bicyclic) bond motifs is 2. The van der Waals surface area contributed by atoms with Gasteiger partial charge in [0.25, 0.3) is 35.4 Å². The van der Waals surface area contributed by atoms with Gasteiger partial charge in [-0.3, -0.25) is 28.8 Å². The molecule has 0 unspecified atom stereocenters. The lowest BCUT2D eigenvalue weighted by Gasteiger charge is -2.16. The molecule has 53 heavy (non-hydrogen) atoms. The topological polar surface area (TPSA) is 142 Å². The van der Waals surface area contributed by atoms with Crippen molar-refractivity contribution in [3.05, 3.63) is 179 Å². The van der Waals surface area contributed by atoms with Crippen LogP contribution in [0.2, 0.25) is 0 Å². The van der Waals surface area contributed by atoms with Crippen LogP contribution in [0.1, 0.15) is 62.1 Å². The van der Waals surface area contributed by atoms with Crippen molar-refractivity contribution >= 4 is 58.2 Å². The van der Waals surface area contributed by atoms with Gasteiger partial charge in [-0.1, -0.05) is 36.4 Å². The molecule has 0 aromatic heterocycles. The van der Waals surface area contributed by atoms with E-state index in [1.165, 1.54) is 24.3 Å². The van der Waals surface area contributed by atoms with Gasteiger partial charge in [-0.2, -0.15) is 0 Å². The van der Waals surface area contributed by atoms with Crippen LogP contribution < -0.4 is 25.2 Å². The van der Waals surface area contributed by atoms with Crippen molar-refractivity contribution in [1.29, 1.82) is 0 Å². The average Bonchev–Trinajstić information content (AvgIpc) is 3.59. The summed E-state index contributed by atoms with van der Waals surface area (Å²) in [5, 5.41) is 5.53. The summed E-state index contributed by atoms with van der Waals surface area (Å²) in [5.74, 6) is -1.88. The van der Waals surface area contributed by atoms with E-state index in [-0.39, 0.29) is 34.1 Å². The number of amides is 6. The Morgan fingerprint density at radius 3 is 1.15 bits per heavy atom. The molecule has 2 aliphatic heterocycles. The maximum atomic E-state index is 13.4. The van der Waals surface area contributed by atoms with E-state index >= 15 is 0 Å². The second kappa shape index (κ2) is 13.2. The summed E-state index contributed by atoms with van der Waals surface area (Å²) in [7, 11) is 0. The van der Waals surface area contributed by atoms with Gasteiger partial charge in [-0.25, -0.2) is 9.80 Å². The van der Waals surface area contributed by atoms with Crippen LogP contribution >= 0.6 is 0 Å². The van der Waals surface area contributed by atoms with E-state index < -0.39 is 23.6 Å². The molecule has 2 aliphatic rings. The Morgan fingerprint density at radius 2 is 0.774 bits per heavy atom. The summed E-state index contributed by atoms with van der Waals surface area (Å²) in [6, 6.07) is 39.2. The van der Waals surface area contributed by atoms with Crippen molar-refractivity contribution in [2.75, 3.05) is 20.4 Å². The quantitative estimate of drug-likeness (QED) is 0.156. The minimum atomic E-state index is -0.522. The lowest BCUT2D eigenvalue weighted by Crippen LogP contribution is -2.29. The number of nitrogens with zero attached hydrogens (tertiary/aromatic N) is 2. The van der Waals surface area contributed by atoms with Crippen molar-refractivity contribution < 1.29 is 33.5 Å². The normalized spacial score (nSPS) is 13.1. The standard InChI is InChI=1S/C42H26N4O7/c47-37(25-7-3-1-4-8-25)43-27-11-21-33-35(23-27)41(51)45(39(33)49)29-13-17-31(18-14-29)53-32-19-15-30(16-20-32)46-40(50)34-22-12-28(24-36(34)42(46)52)44-38(48)26-9-5-2-6-10-26/h1-24H,(H,43,47)(H,44,48). The molecule has 256 valence electrons. The Balaban J connectivity index is 0.920. The lowest BCUT2D eigenvalue weighted by molar-refractivity contribution is 0.0910. The molecule has 0 radical (unpaired) electrons. The fourth-order valence-electron chi connectivity index (χ4n) is 6.15. The van der Waals surface area contributed by atoms with E-state index in [4.69, 9.17) is 4.74 Å². The summed E-state index contributed by atoms with van der Waals surface area (Å²) in [4.78, 5) is 80.5. The molecule has 0 saturated carbocycles. The third-order valence-corrected chi connectivity index (χ3v) is 8.79. The molecule has 8 rings (SSSR count). The van der Waals surface area contributed by atoms with Crippen LogP contribution in [0.25, 0.3) is 0 Å². The smallest absolute Gasteiger partial charge is 0.266 e. The van der Waals surface area contributed by atoms with Crippen molar-refractivity contribution in [2.24, 2.45) is 0 Å². The second-order valence-electron chi connectivity index (χ2n) is 12.1. The van der Waals surface area contributed by atoms with Crippen molar-refractivity contribution in [3.63, 3.8) is 0 Å². The number of ether oxygens (including phenoxy) is 1. The Morgan fingerprint density at radius 1 is 0.415 bits per heavy atom. The monoisotopic (exact) mass is 698 g/mol. The summed E-state index contributed by atoms with van der Waals surface area (Å²) >= 11 is 0. The molecule has 6 amide bonds. The molecule has 11 heteroatoms. The number of anilines is 4. The van der Waals surface area contributed by atoms with E-state index in [1.54, 1.807) is 121 Å². The zero-order chi connectivity index (χ0) is 36.6. The van der Waals surface area contributed by atoms with Gasteiger partial charge in [0, 0.05) is 22.5 Å². The first kappa shape index (κ1) is 32.5. The van der Waals surface area contributed by atoms with Crippen LogP contribution in [0.4, 0.5) is 22.7 Å². The fourth-order valence-corrected chi connectivity index (χ4v) is 6.15. The third-order valence-electron chi connectivity index (χ3n) is 8.79. The SMILES string of the molecule is O=C(Nc1ccc2c(c1)C(=O)N(c1ccc(Oc3ccc(N4C(=O)c5ccc(NC(=O)c6ccccc6)cc5C4=O)cc3)cc1)C2=O)c1ccccc1. The maximum Gasteiger partial charge on any atom is 0.266 e. The minimum Gasteiger partial charge on any atom is -0.457 e. The third kappa shape index (κ3) is 6.08. The first-order valence-corrected chi connectivity index (χ1v) is 16.4. The number of nitrogens with one attached hydrogen (secondary N) is 2. The van der Waals surface area contributed by atoms with Crippen LogP contribution in [-0.2, 0) is 0 Å². The number of imide groups is 2. The summed E-state index contributed by atoms with van der Waals surface area (Å²) in [6.45, 7) is 0. The largest absolute Gasteiger partial charge is 0.457 e. The zero-order valence-corrected chi connectivity index (χ0v) is 27.6. The van der Waals surface area contributed by atoms with E-state index in [9.17, 15) is 28.8 Å². The van der Waals surface area contributed by atoms with E-state index in [1.807, 2.05) is 0 Å².